The molecule has 0 atom stereocenters. The van der Waals surface area contributed by atoms with Gasteiger partial charge in [-0.15, -0.1) is 0 Å². The Labute approximate surface area is 79.5 Å². The molecular weight excluding hydrogens is 190 g/mol. The second-order valence-electron chi connectivity index (χ2n) is 3.28. The van der Waals surface area contributed by atoms with E-state index in [0.29, 0.717) is 19.1 Å². The van der Waals surface area contributed by atoms with Gasteiger partial charge in [0.15, 0.2) is 0 Å². The Morgan fingerprint density at radius 3 is 2.38 bits per heavy atom. The van der Waals surface area contributed by atoms with E-state index in [1.807, 2.05) is 6.92 Å². The van der Waals surface area contributed by atoms with Crippen molar-refractivity contribution in [1.82, 2.24) is 9.62 Å². The molecule has 0 aromatic rings. The van der Waals surface area contributed by atoms with Gasteiger partial charge in [-0.1, -0.05) is 6.92 Å². The van der Waals surface area contributed by atoms with Crippen LogP contribution in [0.3, 0.4) is 0 Å². The summed E-state index contributed by atoms with van der Waals surface area (Å²) >= 11 is 0. The van der Waals surface area contributed by atoms with E-state index in [1.165, 1.54) is 4.31 Å². The first-order chi connectivity index (χ1) is 6.04. The highest BCUT2D eigenvalue weighted by atomic mass is 32.2. The number of hydrogen-bond acceptors (Lipinski definition) is 3. The predicted molar refractivity (Wildman–Crippen MR) is 51.4 cm³/mol. The molecule has 0 aromatic heterocycles. The number of nitrogens with zero attached hydrogens (tertiary/aromatic N) is 1. The number of nitrogens with one attached hydrogen (secondary N) is 1. The molecule has 0 amide bonds. The van der Waals surface area contributed by atoms with Gasteiger partial charge in [0.2, 0.25) is 0 Å². The lowest BCUT2D eigenvalue weighted by Gasteiger charge is -2.30. The van der Waals surface area contributed by atoms with Crippen molar-refractivity contribution < 1.29 is 8.42 Å². The van der Waals surface area contributed by atoms with E-state index in [9.17, 15) is 8.42 Å². The largest absolute Gasteiger partial charge is 0.314 e. The third kappa shape index (κ3) is 3.22. The minimum atomic E-state index is -3.46. The lowest BCUT2D eigenvalue weighted by Crippen LogP contribution is -2.47. The minimum Gasteiger partial charge on any atom is -0.314 e. The first-order valence-corrected chi connectivity index (χ1v) is 6.05. The van der Waals surface area contributed by atoms with Gasteiger partial charge in [0.1, 0.15) is 0 Å². The van der Waals surface area contributed by atoms with Gasteiger partial charge >= 0.3 is 0 Å². The first-order valence-electron chi connectivity index (χ1n) is 4.55. The van der Waals surface area contributed by atoms with Crippen molar-refractivity contribution >= 4 is 10.2 Å². The summed E-state index contributed by atoms with van der Waals surface area (Å²) in [5.74, 6) is 0. The first kappa shape index (κ1) is 10.9. The van der Waals surface area contributed by atoms with Crippen LogP contribution in [0.25, 0.3) is 0 Å². The molecule has 0 aromatic carbocycles. The molecule has 1 rings (SSSR count). The van der Waals surface area contributed by atoms with Crippen LogP contribution in [0.1, 0.15) is 19.8 Å². The van der Waals surface area contributed by atoms with Gasteiger partial charge in [-0.3, -0.25) is 0 Å². The Balaban J connectivity index is 2.39. The fourth-order valence-corrected chi connectivity index (χ4v) is 2.32. The van der Waals surface area contributed by atoms with Crippen LogP contribution in [-0.2, 0) is 10.2 Å². The summed E-state index contributed by atoms with van der Waals surface area (Å²) < 4.78 is 23.2. The summed E-state index contributed by atoms with van der Waals surface area (Å²) in [7, 11) is -3.46. The van der Waals surface area contributed by atoms with E-state index in [-0.39, 0.29) is 0 Å². The zero-order valence-corrected chi connectivity index (χ0v) is 8.68. The minimum absolute atomic E-state index is 0.447. The average Bonchev–Trinajstić information content (AvgIpc) is 2.04. The lowest BCUT2D eigenvalue weighted by molar-refractivity contribution is 0.292. The van der Waals surface area contributed by atoms with E-state index in [0.717, 1.165) is 19.4 Å². The van der Waals surface area contributed by atoms with Crippen LogP contribution < -0.4 is 10.5 Å². The van der Waals surface area contributed by atoms with Crippen LogP contribution in [0.5, 0.6) is 0 Å². The molecular formula is C7H17N3O2S. The molecule has 0 unspecified atom stereocenters. The molecule has 0 aliphatic carbocycles. The lowest BCUT2D eigenvalue weighted by atomic mass is 10.1. The zero-order valence-electron chi connectivity index (χ0n) is 7.86. The van der Waals surface area contributed by atoms with Crippen LogP contribution in [-0.4, -0.2) is 38.4 Å². The quantitative estimate of drug-likeness (QED) is 0.640. The van der Waals surface area contributed by atoms with Crippen molar-refractivity contribution in [2.45, 2.75) is 25.8 Å². The fourth-order valence-electron chi connectivity index (χ4n) is 1.60. The van der Waals surface area contributed by atoms with Gasteiger partial charge in [0.25, 0.3) is 10.2 Å². The van der Waals surface area contributed by atoms with Crippen LogP contribution in [0.4, 0.5) is 0 Å². The maximum atomic E-state index is 10.9. The van der Waals surface area contributed by atoms with Gasteiger partial charge in [-0.05, 0) is 19.4 Å². The van der Waals surface area contributed by atoms with Gasteiger partial charge in [-0.2, -0.15) is 12.7 Å². The van der Waals surface area contributed by atoms with E-state index in [4.69, 9.17) is 5.14 Å². The topological polar surface area (TPSA) is 75.4 Å². The maximum absolute atomic E-state index is 10.9. The summed E-state index contributed by atoms with van der Waals surface area (Å²) in [5, 5.41) is 8.30. The molecule has 1 heterocycles. The maximum Gasteiger partial charge on any atom is 0.276 e. The van der Waals surface area contributed by atoms with Gasteiger partial charge in [0.05, 0.1) is 0 Å². The highest BCUT2D eigenvalue weighted by molar-refractivity contribution is 7.86. The Morgan fingerprint density at radius 1 is 1.46 bits per heavy atom. The predicted octanol–water partition coefficient (Wildman–Crippen LogP) is -0.736. The summed E-state index contributed by atoms with van der Waals surface area (Å²) in [4.78, 5) is 0. The van der Waals surface area contributed by atoms with Gasteiger partial charge < -0.3 is 5.32 Å². The Bertz CT molecular complexity index is 244. The number of rotatable bonds is 3. The van der Waals surface area contributed by atoms with Gasteiger partial charge in [-0.25, -0.2) is 5.14 Å². The molecule has 1 fully saturated rings. The molecule has 13 heavy (non-hydrogen) atoms. The van der Waals surface area contributed by atoms with Crippen LogP contribution in [0.2, 0.25) is 0 Å². The van der Waals surface area contributed by atoms with Crippen molar-refractivity contribution in [3.05, 3.63) is 0 Å². The standard InChI is InChI=1S/C7H17N3O2S/c1-2-9-7-3-5-10(6-4-7)13(8,11)12/h7,9H,2-6H2,1H3,(H2,8,11,12). The smallest absolute Gasteiger partial charge is 0.276 e. The molecule has 0 saturated carbocycles. The van der Waals surface area contributed by atoms with E-state index < -0.39 is 10.2 Å². The Morgan fingerprint density at radius 2 is 2.00 bits per heavy atom. The third-order valence-corrected chi connectivity index (χ3v) is 3.39. The van der Waals surface area contributed by atoms with Gasteiger partial charge in [0, 0.05) is 19.1 Å². The number of nitrogens with two attached hydrogens (primary N) is 1. The Kier molecular flexibility index (Phi) is 3.66. The Hall–Kier alpha value is -0.170. The van der Waals surface area contributed by atoms with Crippen molar-refractivity contribution in [1.29, 1.82) is 0 Å². The molecule has 3 N–H and O–H groups in total. The molecule has 1 aliphatic heterocycles. The summed E-state index contributed by atoms with van der Waals surface area (Å²) in [5.41, 5.74) is 0. The third-order valence-electron chi connectivity index (χ3n) is 2.31. The molecule has 1 saturated heterocycles. The van der Waals surface area contributed by atoms with Crippen molar-refractivity contribution in [2.75, 3.05) is 19.6 Å². The molecule has 78 valence electrons. The summed E-state index contributed by atoms with van der Waals surface area (Å²) in [6, 6.07) is 0.447. The molecule has 0 spiro atoms. The highest BCUT2D eigenvalue weighted by Crippen LogP contribution is 2.11. The normalized spacial score (nSPS) is 22.0. The molecule has 5 nitrogen and oxygen atoms in total. The average molecular weight is 207 g/mol. The summed E-state index contributed by atoms with van der Waals surface area (Å²) in [6.45, 7) is 4.05. The molecule has 0 bridgehead atoms. The van der Waals surface area contributed by atoms with Crippen LogP contribution in [0.15, 0.2) is 0 Å². The van der Waals surface area contributed by atoms with E-state index in [2.05, 4.69) is 5.32 Å². The second kappa shape index (κ2) is 4.36. The molecule has 6 heteroatoms. The zero-order chi connectivity index (χ0) is 9.90. The van der Waals surface area contributed by atoms with Crippen molar-refractivity contribution in [3.8, 4) is 0 Å². The highest BCUT2D eigenvalue weighted by Gasteiger charge is 2.24. The fraction of sp³-hybridized carbons (Fsp3) is 1.00. The molecule has 0 radical (unpaired) electrons. The van der Waals surface area contributed by atoms with E-state index >= 15 is 0 Å². The number of piperidine rings is 1. The monoisotopic (exact) mass is 207 g/mol. The van der Waals surface area contributed by atoms with Crippen molar-refractivity contribution in [3.63, 3.8) is 0 Å². The molecule has 1 aliphatic rings. The van der Waals surface area contributed by atoms with Crippen molar-refractivity contribution in [2.24, 2.45) is 5.14 Å². The summed E-state index contributed by atoms with van der Waals surface area (Å²) in [6.07, 6.45) is 1.70. The van der Waals surface area contributed by atoms with Crippen LogP contribution in [0, 0.1) is 0 Å². The van der Waals surface area contributed by atoms with E-state index in [1.54, 1.807) is 0 Å². The van der Waals surface area contributed by atoms with Crippen LogP contribution >= 0.6 is 0 Å². The number of hydrogen-bond donors (Lipinski definition) is 2. The SMILES string of the molecule is CCNC1CCN(S(N)(=O)=O)CC1. The second-order valence-corrected chi connectivity index (χ2v) is 4.82.